The van der Waals surface area contributed by atoms with Crippen molar-refractivity contribution in [2.75, 3.05) is 5.32 Å². The maximum Gasteiger partial charge on any atom is 0.270 e. The predicted molar refractivity (Wildman–Crippen MR) is 104 cm³/mol. The van der Waals surface area contributed by atoms with Crippen molar-refractivity contribution in [3.63, 3.8) is 0 Å². The molecule has 2 amide bonds. The second-order valence-electron chi connectivity index (χ2n) is 5.89. The number of aryl methyl sites for hydroxylation is 1. The standard InChI is InChI=1S/C20H17ClN4O2/c1-13-9-16(21)4-5-17(13)25-19(26)15-6-8-23-18(10-15)20(27)24-12-14-3-2-7-22-11-14/h2-11H,12H2,1H3,(H,24,27)(H,25,26). The molecule has 3 rings (SSSR count). The van der Waals surface area contributed by atoms with Crippen LogP contribution in [0.25, 0.3) is 0 Å². The van der Waals surface area contributed by atoms with E-state index in [0.717, 1.165) is 11.1 Å². The number of carbonyl (C=O) groups is 2. The van der Waals surface area contributed by atoms with Crippen LogP contribution in [0.15, 0.2) is 61.1 Å². The fourth-order valence-electron chi connectivity index (χ4n) is 2.43. The Morgan fingerprint density at radius 3 is 2.67 bits per heavy atom. The quantitative estimate of drug-likeness (QED) is 0.708. The van der Waals surface area contributed by atoms with E-state index in [-0.39, 0.29) is 17.5 Å². The van der Waals surface area contributed by atoms with E-state index < -0.39 is 0 Å². The molecule has 0 spiro atoms. The summed E-state index contributed by atoms with van der Waals surface area (Å²) in [5.41, 5.74) is 2.88. The van der Waals surface area contributed by atoms with Crippen molar-refractivity contribution in [2.24, 2.45) is 0 Å². The summed E-state index contributed by atoms with van der Waals surface area (Å²) >= 11 is 5.93. The van der Waals surface area contributed by atoms with Gasteiger partial charge in [-0.15, -0.1) is 0 Å². The van der Waals surface area contributed by atoms with Gasteiger partial charge in [-0.25, -0.2) is 0 Å². The summed E-state index contributed by atoms with van der Waals surface area (Å²) < 4.78 is 0. The summed E-state index contributed by atoms with van der Waals surface area (Å²) in [6.07, 6.45) is 4.77. The second kappa shape index (κ2) is 8.42. The first-order valence-corrected chi connectivity index (χ1v) is 8.61. The topological polar surface area (TPSA) is 84.0 Å². The van der Waals surface area contributed by atoms with Gasteiger partial charge in [0.25, 0.3) is 11.8 Å². The van der Waals surface area contributed by atoms with Gasteiger partial charge in [0, 0.05) is 41.4 Å². The van der Waals surface area contributed by atoms with Crippen molar-refractivity contribution in [3.8, 4) is 0 Å². The Balaban J connectivity index is 1.68. The van der Waals surface area contributed by atoms with Gasteiger partial charge in [-0.2, -0.15) is 0 Å². The molecule has 0 aliphatic carbocycles. The van der Waals surface area contributed by atoms with Crippen LogP contribution >= 0.6 is 11.6 Å². The van der Waals surface area contributed by atoms with Gasteiger partial charge in [0.1, 0.15) is 5.69 Å². The predicted octanol–water partition coefficient (Wildman–Crippen LogP) is 3.62. The summed E-state index contributed by atoms with van der Waals surface area (Å²) in [4.78, 5) is 32.8. The van der Waals surface area contributed by atoms with Gasteiger partial charge in [-0.3, -0.25) is 19.6 Å². The molecule has 6 nitrogen and oxygen atoms in total. The van der Waals surface area contributed by atoms with Crippen LogP contribution in [0.4, 0.5) is 5.69 Å². The van der Waals surface area contributed by atoms with Crippen LogP contribution in [0, 0.1) is 6.92 Å². The van der Waals surface area contributed by atoms with Crippen molar-refractivity contribution >= 4 is 29.1 Å². The molecule has 2 heterocycles. The van der Waals surface area contributed by atoms with Crippen LogP contribution < -0.4 is 10.6 Å². The molecule has 27 heavy (non-hydrogen) atoms. The smallest absolute Gasteiger partial charge is 0.270 e. The molecular weight excluding hydrogens is 364 g/mol. The molecule has 7 heteroatoms. The Hall–Kier alpha value is -3.25. The third-order valence-electron chi connectivity index (χ3n) is 3.87. The Morgan fingerprint density at radius 2 is 1.93 bits per heavy atom. The molecule has 1 aromatic carbocycles. The lowest BCUT2D eigenvalue weighted by atomic mass is 10.1. The fraction of sp³-hybridized carbons (Fsp3) is 0.100. The van der Waals surface area contributed by atoms with E-state index in [9.17, 15) is 9.59 Å². The van der Waals surface area contributed by atoms with Crippen molar-refractivity contribution < 1.29 is 9.59 Å². The molecular formula is C20H17ClN4O2. The van der Waals surface area contributed by atoms with Crippen LogP contribution in [0.3, 0.4) is 0 Å². The Morgan fingerprint density at radius 1 is 1.07 bits per heavy atom. The van der Waals surface area contributed by atoms with Crippen LogP contribution in [0.1, 0.15) is 32.0 Å². The van der Waals surface area contributed by atoms with Gasteiger partial charge in [-0.05, 0) is 54.4 Å². The van der Waals surface area contributed by atoms with Crippen molar-refractivity contribution in [1.82, 2.24) is 15.3 Å². The van der Waals surface area contributed by atoms with Gasteiger partial charge >= 0.3 is 0 Å². The number of nitrogens with zero attached hydrogens (tertiary/aromatic N) is 2. The average Bonchev–Trinajstić information content (AvgIpc) is 2.69. The van der Waals surface area contributed by atoms with Crippen molar-refractivity contribution in [3.05, 3.63) is 88.5 Å². The van der Waals surface area contributed by atoms with Crippen LogP contribution in [0.5, 0.6) is 0 Å². The Labute approximate surface area is 161 Å². The number of benzene rings is 1. The minimum absolute atomic E-state index is 0.166. The molecule has 0 saturated heterocycles. The maximum absolute atomic E-state index is 12.5. The highest BCUT2D eigenvalue weighted by Gasteiger charge is 2.13. The monoisotopic (exact) mass is 380 g/mol. The zero-order valence-electron chi connectivity index (χ0n) is 14.6. The first-order valence-electron chi connectivity index (χ1n) is 8.23. The summed E-state index contributed by atoms with van der Waals surface area (Å²) in [7, 11) is 0. The summed E-state index contributed by atoms with van der Waals surface area (Å²) in [5, 5.41) is 6.17. The lowest BCUT2D eigenvalue weighted by molar-refractivity contribution is 0.0946. The number of hydrogen-bond donors (Lipinski definition) is 2. The van der Waals surface area contributed by atoms with E-state index in [0.29, 0.717) is 22.8 Å². The number of carbonyl (C=O) groups excluding carboxylic acids is 2. The number of hydrogen-bond acceptors (Lipinski definition) is 4. The number of amides is 2. The number of halogens is 1. The van der Waals surface area contributed by atoms with E-state index in [1.54, 1.807) is 42.7 Å². The third kappa shape index (κ3) is 4.89. The molecule has 0 aliphatic heterocycles. The molecule has 2 aromatic heterocycles. The number of nitrogens with one attached hydrogen (secondary N) is 2. The number of aromatic nitrogens is 2. The normalized spacial score (nSPS) is 10.3. The van der Waals surface area contributed by atoms with Gasteiger partial charge in [0.15, 0.2) is 0 Å². The summed E-state index contributed by atoms with van der Waals surface area (Å²) in [6, 6.07) is 11.9. The van der Waals surface area contributed by atoms with Gasteiger partial charge in [0.2, 0.25) is 0 Å². The van der Waals surface area contributed by atoms with Crippen molar-refractivity contribution in [2.45, 2.75) is 13.5 Å². The Kier molecular flexibility index (Phi) is 5.78. The molecule has 0 atom stereocenters. The molecule has 136 valence electrons. The molecule has 0 aliphatic rings. The summed E-state index contributed by atoms with van der Waals surface area (Å²) in [5.74, 6) is -0.694. The molecule has 0 fully saturated rings. The van der Waals surface area contributed by atoms with Crippen LogP contribution in [-0.2, 0) is 6.54 Å². The highest BCUT2D eigenvalue weighted by molar-refractivity contribution is 6.30. The Bertz CT molecular complexity index is 977. The fourth-order valence-corrected chi connectivity index (χ4v) is 2.66. The SMILES string of the molecule is Cc1cc(Cl)ccc1NC(=O)c1ccnc(C(=O)NCc2cccnc2)c1. The minimum atomic E-state index is -0.365. The van der Waals surface area contributed by atoms with E-state index in [1.165, 1.54) is 12.3 Å². The molecule has 0 radical (unpaired) electrons. The van der Waals surface area contributed by atoms with Gasteiger partial charge in [0.05, 0.1) is 0 Å². The van der Waals surface area contributed by atoms with Crippen LogP contribution in [0.2, 0.25) is 5.02 Å². The van der Waals surface area contributed by atoms with E-state index in [2.05, 4.69) is 20.6 Å². The van der Waals surface area contributed by atoms with Crippen molar-refractivity contribution in [1.29, 1.82) is 0 Å². The molecule has 0 unspecified atom stereocenters. The molecule has 2 N–H and O–H groups in total. The summed E-state index contributed by atoms with van der Waals surface area (Å²) in [6.45, 7) is 2.18. The van der Waals surface area contributed by atoms with E-state index in [4.69, 9.17) is 11.6 Å². The average molecular weight is 381 g/mol. The minimum Gasteiger partial charge on any atom is -0.347 e. The van der Waals surface area contributed by atoms with Crippen LogP contribution in [-0.4, -0.2) is 21.8 Å². The highest BCUT2D eigenvalue weighted by atomic mass is 35.5. The highest BCUT2D eigenvalue weighted by Crippen LogP contribution is 2.20. The molecule has 0 saturated carbocycles. The number of rotatable bonds is 5. The van der Waals surface area contributed by atoms with Gasteiger partial charge in [-0.1, -0.05) is 17.7 Å². The second-order valence-corrected chi connectivity index (χ2v) is 6.32. The first kappa shape index (κ1) is 18.5. The largest absolute Gasteiger partial charge is 0.347 e. The zero-order chi connectivity index (χ0) is 19.2. The maximum atomic E-state index is 12.5. The zero-order valence-corrected chi connectivity index (χ0v) is 15.3. The lowest BCUT2D eigenvalue weighted by Crippen LogP contribution is -2.24. The van der Waals surface area contributed by atoms with E-state index >= 15 is 0 Å². The van der Waals surface area contributed by atoms with Gasteiger partial charge < -0.3 is 10.6 Å². The first-order chi connectivity index (χ1) is 13.0. The van der Waals surface area contributed by atoms with E-state index in [1.807, 2.05) is 13.0 Å². The third-order valence-corrected chi connectivity index (χ3v) is 4.10. The lowest BCUT2D eigenvalue weighted by Gasteiger charge is -2.09. The molecule has 3 aromatic rings. The number of anilines is 1. The molecule has 0 bridgehead atoms. The number of pyridine rings is 2.